The maximum Gasteiger partial charge on any atom is 0.189 e. The maximum absolute atomic E-state index is 5.96. The zero-order valence-electron chi connectivity index (χ0n) is 13.3. The van der Waals surface area contributed by atoms with E-state index in [4.69, 9.17) is 5.73 Å². The molecule has 2 aromatic rings. The highest BCUT2D eigenvalue weighted by atomic mass is 15.1. The number of rotatable bonds is 4. The van der Waals surface area contributed by atoms with E-state index in [1.165, 1.54) is 32.1 Å². The van der Waals surface area contributed by atoms with Crippen LogP contribution in [0.2, 0.25) is 0 Å². The first-order chi connectivity index (χ1) is 11.3. The molecule has 1 saturated carbocycles. The van der Waals surface area contributed by atoms with Gasteiger partial charge < -0.3 is 11.1 Å². The van der Waals surface area contributed by atoms with Crippen molar-refractivity contribution in [2.24, 2.45) is 10.7 Å². The van der Waals surface area contributed by atoms with E-state index in [1.807, 2.05) is 42.7 Å². The molecular weight excluding hydrogens is 286 g/mol. The Labute approximate surface area is 137 Å². The van der Waals surface area contributed by atoms with E-state index in [-0.39, 0.29) is 0 Å². The molecule has 0 radical (unpaired) electrons. The average Bonchev–Trinajstić information content (AvgIpc) is 2.62. The standard InChI is InChI=1S/C18H23N5/c19-18(23-16-9-5-2-6-10-16)22-13-17-20-11-15(12-21-17)14-7-3-1-4-8-14/h1,3-4,7-8,11-12,16H,2,5-6,9-10,13H2,(H3,19,22,23). The summed E-state index contributed by atoms with van der Waals surface area (Å²) >= 11 is 0. The molecule has 1 aromatic carbocycles. The van der Waals surface area contributed by atoms with Crippen molar-refractivity contribution in [3.05, 3.63) is 48.5 Å². The van der Waals surface area contributed by atoms with Gasteiger partial charge in [-0.15, -0.1) is 0 Å². The van der Waals surface area contributed by atoms with Gasteiger partial charge in [0.05, 0.1) is 0 Å². The van der Waals surface area contributed by atoms with Gasteiger partial charge in [-0.1, -0.05) is 49.6 Å². The third-order valence-corrected chi connectivity index (χ3v) is 4.16. The van der Waals surface area contributed by atoms with Gasteiger partial charge in [0.2, 0.25) is 0 Å². The Kier molecular flexibility index (Phi) is 5.19. The fraction of sp³-hybridized carbons (Fsp3) is 0.389. The summed E-state index contributed by atoms with van der Waals surface area (Å²) < 4.78 is 0. The number of hydrogen-bond donors (Lipinski definition) is 2. The van der Waals surface area contributed by atoms with Gasteiger partial charge in [0.1, 0.15) is 12.4 Å². The van der Waals surface area contributed by atoms with Crippen molar-refractivity contribution in [1.82, 2.24) is 15.3 Å². The second-order valence-electron chi connectivity index (χ2n) is 5.93. The molecule has 1 heterocycles. The molecule has 0 spiro atoms. The first-order valence-corrected chi connectivity index (χ1v) is 8.24. The zero-order valence-corrected chi connectivity index (χ0v) is 13.3. The molecule has 23 heavy (non-hydrogen) atoms. The van der Waals surface area contributed by atoms with Crippen LogP contribution in [0.4, 0.5) is 0 Å². The molecule has 0 bridgehead atoms. The number of guanidine groups is 1. The first-order valence-electron chi connectivity index (χ1n) is 8.24. The summed E-state index contributed by atoms with van der Waals surface area (Å²) in [5, 5.41) is 3.30. The van der Waals surface area contributed by atoms with Gasteiger partial charge in [-0.25, -0.2) is 15.0 Å². The number of aromatic nitrogens is 2. The molecule has 1 aliphatic carbocycles. The summed E-state index contributed by atoms with van der Waals surface area (Å²) in [4.78, 5) is 13.1. The Balaban J connectivity index is 1.56. The fourth-order valence-electron chi connectivity index (χ4n) is 2.87. The molecule has 0 amide bonds. The lowest BCUT2D eigenvalue weighted by molar-refractivity contribution is 0.412. The summed E-state index contributed by atoms with van der Waals surface area (Å²) in [7, 11) is 0. The van der Waals surface area contributed by atoms with Crippen LogP contribution < -0.4 is 11.1 Å². The van der Waals surface area contributed by atoms with Crippen LogP contribution in [0.1, 0.15) is 37.9 Å². The Morgan fingerprint density at radius 2 is 1.74 bits per heavy atom. The van der Waals surface area contributed by atoms with Crippen molar-refractivity contribution in [3.8, 4) is 11.1 Å². The molecular formula is C18H23N5. The number of aliphatic imine (C=N–C) groups is 1. The molecule has 1 fully saturated rings. The van der Waals surface area contributed by atoms with E-state index in [1.54, 1.807) is 0 Å². The smallest absolute Gasteiger partial charge is 0.189 e. The summed E-state index contributed by atoms with van der Waals surface area (Å²) in [6.45, 7) is 0.403. The highest BCUT2D eigenvalue weighted by Gasteiger charge is 2.13. The molecule has 0 atom stereocenters. The lowest BCUT2D eigenvalue weighted by atomic mass is 9.96. The highest BCUT2D eigenvalue weighted by Crippen LogP contribution is 2.17. The van der Waals surface area contributed by atoms with E-state index in [9.17, 15) is 0 Å². The van der Waals surface area contributed by atoms with Crippen molar-refractivity contribution in [1.29, 1.82) is 0 Å². The third kappa shape index (κ3) is 4.52. The predicted octanol–water partition coefficient (Wildman–Crippen LogP) is 2.88. The van der Waals surface area contributed by atoms with Crippen molar-refractivity contribution < 1.29 is 0 Å². The second-order valence-corrected chi connectivity index (χ2v) is 5.93. The van der Waals surface area contributed by atoms with E-state index in [0.29, 0.717) is 24.4 Å². The topological polar surface area (TPSA) is 76.2 Å². The molecule has 3 N–H and O–H groups in total. The molecule has 5 nitrogen and oxygen atoms in total. The predicted molar refractivity (Wildman–Crippen MR) is 92.8 cm³/mol. The molecule has 1 aromatic heterocycles. The van der Waals surface area contributed by atoms with Gasteiger partial charge in [0.25, 0.3) is 0 Å². The third-order valence-electron chi connectivity index (χ3n) is 4.16. The summed E-state index contributed by atoms with van der Waals surface area (Å²) in [6, 6.07) is 10.6. The first kappa shape index (κ1) is 15.5. The Bertz CT molecular complexity index is 630. The Hall–Kier alpha value is -2.43. The molecule has 5 heteroatoms. The fourth-order valence-corrected chi connectivity index (χ4v) is 2.87. The lowest BCUT2D eigenvalue weighted by Gasteiger charge is -2.23. The number of nitrogens with two attached hydrogens (primary N) is 1. The average molecular weight is 309 g/mol. The van der Waals surface area contributed by atoms with Crippen molar-refractivity contribution in [2.45, 2.75) is 44.7 Å². The van der Waals surface area contributed by atoms with Gasteiger partial charge in [0, 0.05) is 24.0 Å². The van der Waals surface area contributed by atoms with Crippen molar-refractivity contribution in [2.75, 3.05) is 0 Å². The monoisotopic (exact) mass is 309 g/mol. The van der Waals surface area contributed by atoms with Crippen LogP contribution in [0.5, 0.6) is 0 Å². The summed E-state index contributed by atoms with van der Waals surface area (Å²) in [5.41, 5.74) is 8.07. The van der Waals surface area contributed by atoms with Gasteiger partial charge >= 0.3 is 0 Å². The van der Waals surface area contributed by atoms with Crippen molar-refractivity contribution >= 4 is 5.96 Å². The van der Waals surface area contributed by atoms with Crippen LogP contribution in [-0.4, -0.2) is 22.0 Å². The summed E-state index contributed by atoms with van der Waals surface area (Å²) in [6.07, 6.45) is 9.90. The number of nitrogens with zero attached hydrogens (tertiary/aromatic N) is 3. The molecule has 0 saturated heterocycles. The van der Waals surface area contributed by atoms with Crippen LogP contribution in [0, 0.1) is 0 Å². The SMILES string of the molecule is NC(=NCc1ncc(-c2ccccc2)cn1)NC1CCCCC1. The van der Waals surface area contributed by atoms with Gasteiger partial charge in [-0.3, -0.25) is 0 Å². The van der Waals surface area contributed by atoms with Crippen LogP contribution in [0.15, 0.2) is 47.7 Å². The highest BCUT2D eigenvalue weighted by molar-refractivity contribution is 5.78. The molecule has 0 unspecified atom stereocenters. The Morgan fingerprint density at radius 3 is 2.43 bits per heavy atom. The molecule has 0 aliphatic heterocycles. The van der Waals surface area contributed by atoms with E-state index in [2.05, 4.69) is 20.3 Å². The molecule has 120 valence electrons. The minimum atomic E-state index is 0.403. The minimum Gasteiger partial charge on any atom is -0.370 e. The second kappa shape index (κ2) is 7.72. The largest absolute Gasteiger partial charge is 0.370 e. The molecule has 3 rings (SSSR count). The minimum absolute atomic E-state index is 0.403. The maximum atomic E-state index is 5.96. The summed E-state index contributed by atoms with van der Waals surface area (Å²) in [5.74, 6) is 1.17. The van der Waals surface area contributed by atoms with E-state index >= 15 is 0 Å². The van der Waals surface area contributed by atoms with Crippen LogP contribution >= 0.6 is 0 Å². The molecule has 1 aliphatic rings. The van der Waals surface area contributed by atoms with Crippen LogP contribution in [0.25, 0.3) is 11.1 Å². The van der Waals surface area contributed by atoms with E-state index < -0.39 is 0 Å². The van der Waals surface area contributed by atoms with Crippen LogP contribution in [0.3, 0.4) is 0 Å². The van der Waals surface area contributed by atoms with Gasteiger partial charge in [-0.05, 0) is 18.4 Å². The van der Waals surface area contributed by atoms with Gasteiger partial charge in [0.15, 0.2) is 5.96 Å². The number of hydrogen-bond acceptors (Lipinski definition) is 3. The van der Waals surface area contributed by atoms with Crippen LogP contribution in [-0.2, 0) is 6.54 Å². The zero-order chi connectivity index (χ0) is 15.9. The normalized spacial score (nSPS) is 16.3. The lowest BCUT2D eigenvalue weighted by Crippen LogP contribution is -2.41. The number of nitrogens with one attached hydrogen (secondary N) is 1. The quantitative estimate of drug-likeness (QED) is 0.672. The van der Waals surface area contributed by atoms with Gasteiger partial charge in [-0.2, -0.15) is 0 Å². The Morgan fingerprint density at radius 1 is 1.04 bits per heavy atom. The van der Waals surface area contributed by atoms with E-state index in [0.717, 1.165) is 11.1 Å². The van der Waals surface area contributed by atoms with Crippen molar-refractivity contribution in [3.63, 3.8) is 0 Å². The number of benzene rings is 1.